The predicted octanol–water partition coefficient (Wildman–Crippen LogP) is 2.17. The molecule has 1 atom stereocenters. The van der Waals surface area contributed by atoms with Gasteiger partial charge in [-0.05, 0) is 13.8 Å². The average Bonchev–Trinajstić information content (AvgIpc) is 3.01. The lowest BCUT2D eigenvalue weighted by Crippen LogP contribution is -2.56. The molecule has 0 spiro atoms. The second-order valence-electron chi connectivity index (χ2n) is 9.65. The van der Waals surface area contributed by atoms with Crippen LogP contribution in [0.15, 0.2) is 36.4 Å². The SMILES string of the molecule is CCOP(=O)(C[C@H](NC(=O)c1cc(N2CCOCC2)nc(-c2ccccc2)n1)C(=O)N1CCN(C(=O)O)CC1)OCC. The Balaban J connectivity index is 1.64. The Hall–Kier alpha value is -3.58. The van der Waals surface area contributed by atoms with E-state index in [1.807, 2.05) is 35.2 Å². The highest BCUT2D eigenvalue weighted by Crippen LogP contribution is 2.48. The number of carboxylic acid groups (broad SMARTS) is 1. The van der Waals surface area contributed by atoms with Crippen LogP contribution in [0.4, 0.5) is 10.6 Å². The van der Waals surface area contributed by atoms with Crippen LogP contribution >= 0.6 is 7.60 Å². The number of rotatable bonds is 11. The number of nitrogens with one attached hydrogen (secondary N) is 1. The maximum absolute atomic E-state index is 13.7. The number of anilines is 1. The van der Waals surface area contributed by atoms with Crippen LogP contribution in [0.25, 0.3) is 11.4 Å². The number of amides is 3. The van der Waals surface area contributed by atoms with E-state index in [2.05, 4.69) is 10.3 Å². The van der Waals surface area contributed by atoms with E-state index in [1.54, 1.807) is 19.9 Å². The van der Waals surface area contributed by atoms with Gasteiger partial charge >= 0.3 is 13.7 Å². The zero-order valence-corrected chi connectivity index (χ0v) is 24.7. The van der Waals surface area contributed by atoms with E-state index in [0.717, 1.165) is 0 Å². The molecule has 3 amide bonds. The standard InChI is InChI=1S/C27H37N6O8P/c1-3-40-42(38,41-4-2)19-22(26(35)32-10-12-33(13-11-32)27(36)37)29-25(34)21-18-23(31-14-16-39-17-15-31)30-24(28-21)20-8-6-5-7-9-20/h5-9,18,22H,3-4,10-17,19H2,1-2H3,(H,29,34)(H,36,37)/t22-/m0/s1. The van der Waals surface area contributed by atoms with Crippen molar-refractivity contribution in [2.75, 3.05) is 76.8 Å². The van der Waals surface area contributed by atoms with Crippen LogP contribution in [-0.4, -0.2) is 121 Å². The molecular formula is C27H37N6O8P. The van der Waals surface area contributed by atoms with Gasteiger partial charge in [-0.15, -0.1) is 0 Å². The number of morpholine rings is 1. The molecule has 1 aromatic heterocycles. The lowest BCUT2D eigenvalue weighted by molar-refractivity contribution is -0.134. The van der Waals surface area contributed by atoms with Crippen molar-refractivity contribution in [3.05, 3.63) is 42.1 Å². The van der Waals surface area contributed by atoms with Crippen LogP contribution in [0.3, 0.4) is 0 Å². The molecule has 0 saturated carbocycles. The molecule has 2 fully saturated rings. The fraction of sp³-hybridized carbons (Fsp3) is 0.519. The van der Waals surface area contributed by atoms with Crippen molar-refractivity contribution in [3.63, 3.8) is 0 Å². The molecule has 14 nitrogen and oxygen atoms in total. The predicted molar refractivity (Wildman–Crippen MR) is 154 cm³/mol. The smallest absolute Gasteiger partial charge is 0.407 e. The second kappa shape index (κ2) is 14.5. The highest BCUT2D eigenvalue weighted by Gasteiger charge is 2.37. The molecule has 4 rings (SSSR count). The molecule has 2 N–H and O–H groups in total. The summed E-state index contributed by atoms with van der Waals surface area (Å²) in [6.45, 7) is 6.16. The summed E-state index contributed by atoms with van der Waals surface area (Å²) in [6.07, 6.45) is -1.47. The minimum absolute atomic E-state index is 0.0292. The number of ether oxygens (including phenoxy) is 1. The van der Waals surface area contributed by atoms with E-state index in [4.69, 9.17) is 18.8 Å². The van der Waals surface area contributed by atoms with Gasteiger partial charge in [0.2, 0.25) is 5.91 Å². The summed E-state index contributed by atoms with van der Waals surface area (Å²) < 4.78 is 29.8. The van der Waals surface area contributed by atoms with E-state index in [-0.39, 0.29) is 45.1 Å². The minimum Gasteiger partial charge on any atom is -0.465 e. The summed E-state index contributed by atoms with van der Waals surface area (Å²) in [5.74, 6) is -0.295. The fourth-order valence-electron chi connectivity index (χ4n) is 4.74. The van der Waals surface area contributed by atoms with Gasteiger partial charge in [-0.2, -0.15) is 0 Å². The molecule has 2 aliphatic heterocycles. The first-order valence-electron chi connectivity index (χ1n) is 14.0. The molecule has 2 saturated heterocycles. The number of carbonyl (C=O) groups excluding carboxylic acids is 2. The quantitative estimate of drug-likeness (QED) is 0.361. The monoisotopic (exact) mass is 604 g/mol. The Kier molecular flexibility index (Phi) is 10.9. The van der Waals surface area contributed by atoms with Crippen LogP contribution < -0.4 is 10.2 Å². The van der Waals surface area contributed by atoms with E-state index in [1.165, 1.54) is 9.80 Å². The maximum Gasteiger partial charge on any atom is 0.407 e. The van der Waals surface area contributed by atoms with E-state index < -0.39 is 37.7 Å². The summed E-state index contributed by atoms with van der Waals surface area (Å²) in [5.41, 5.74) is 0.740. The highest BCUT2D eigenvalue weighted by molar-refractivity contribution is 7.54. The minimum atomic E-state index is -3.77. The third-order valence-corrected chi connectivity index (χ3v) is 8.95. The largest absolute Gasteiger partial charge is 0.465 e. The number of hydrogen-bond acceptors (Lipinski definition) is 10. The molecule has 2 aliphatic rings. The van der Waals surface area contributed by atoms with Crippen LogP contribution in [0.2, 0.25) is 0 Å². The lowest BCUT2D eigenvalue weighted by Gasteiger charge is -2.35. The molecule has 15 heteroatoms. The summed E-state index contributed by atoms with van der Waals surface area (Å²) in [7, 11) is -3.77. The van der Waals surface area contributed by atoms with Crippen molar-refractivity contribution in [2.45, 2.75) is 19.9 Å². The first-order valence-corrected chi connectivity index (χ1v) is 15.7. The first kappa shape index (κ1) is 31.4. The Bertz CT molecular complexity index is 1270. The summed E-state index contributed by atoms with van der Waals surface area (Å²) >= 11 is 0. The van der Waals surface area contributed by atoms with Crippen LogP contribution in [-0.2, 0) is 23.1 Å². The van der Waals surface area contributed by atoms with Crippen molar-refractivity contribution < 1.29 is 37.8 Å². The van der Waals surface area contributed by atoms with Gasteiger partial charge in [0.1, 0.15) is 17.6 Å². The van der Waals surface area contributed by atoms with E-state index in [0.29, 0.717) is 43.5 Å². The number of aromatic nitrogens is 2. The van der Waals surface area contributed by atoms with E-state index in [9.17, 15) is 24.1 Å². The third-order valence-electron chi connectivity index (χ3n) is 6.84. The number of carbonyl (C=O) groups is 3. The molecule has 3 heterocycles. The number of nitrogens with zero attached hydrogens (tertiary/aromatic N) is 5. The zero-order chi connectivity index (χ0) is 30.1. The highest BCUT2D eigenvalue weighted by atomic mass is 31.2. The second-order valence-corrected chi connectivity index (χ2v) is 11.8. The van der Waals surface area contributed by atoms with Crippen molar-refractivity contribution >= 4 is 31.3 Å². The molecule has 2 aromatic rings. The zero-order valence-electron chi connectivity index (χ0n) is 23.8. The molecule has 1 aromatic carbocycles. The molecule has 42 heavy (non-hydrogen) atoms. The normalized spacial score (nSPS) is 16.7. The van der Waals surface area contributed by atoms with Gasteiger partial charge in [0.15, 0.2) is 5.82 Å². The molecule has 0 radical (unpaired) electrons. The lowest BCUT2D eigenvalue weighted by atomic mass is 10.2. The van der Waals surface area contributed by atoms with Gasteiger partial charge in [-0.3, -0.25) is 14.2 Å². The molecule has 0 aliphatic carbocycles. The Morgan fingerprint density at radius 1 is 0.976 bits per heavy atom. The third kappa shape index (κ3) is 8.03. The Morgan fingerprint density at radius 2 is 1.60 bits per heavy atom. The topological polar surface area (TPSA) is 164 Å². The van der Waals surface area contributed by atoms with Gasteiger partial charge in [0.05, 0.1) is 32.6 Å². The van der Waals surface area contributed by atoms with Gasteiger partial charge < -0.3 is 38.9 Å². The van der Waals surface area contributed by atoms with Crippen molar-refractivity contribution in [1.82, 2.24) is 25.1 Å². The number of benzene rings is 1. The van der Waals surface area contributed by atoms with Gasteiger partial charge in [-0.1, -0.05) is 30.3 Å². The van der Waals surface area contributed by atoms with Crippen molar-refractivity contribution in [3.8, 4) is 11.4 Å². The van der Waals surface area contributed by atoms with Gasteiger partial charge in [-0.25, -0.2) is 14.8 Å². The van der Waals surface area contributed by atoms with E-state index >= 15 is 0 Å². The molecule has 228 valence electrons. The number of hydrogen-bond donors (Lipinski definition) is 2. The van der Waals surface area contributed by atoms with Crippen molar-refractivity contribution in [1.29, 1.82) is 0 Å². The summed E-state index contributed by atoms with van der Waals surface area (Å²) in [5, 5.41) is 12.0. The summed E-state index contributed by atoms with van der Waals surface area (Å²) in [6, 6.07) is 9.51. The van der Waals surface area contributed by atoms with Crippen molar-refractivity contribution in [2.24, 2.45) is 0 Å². The van der Waals surface area contributed by atoms with Crippen LogP contribution in [0, 0.1) is 0 Å². The maximum atomic E-state index is 13.7. The average molecular weight is 605 g/mol. The van der Waals surface area contributed by atoms with Gasteiger partial charge in [0, 0.05) is 50.9 Å². The van der Waals surface area contributed by atoms with Gasteiger partial charge in [0.25, 0.3) is 5.91 Å². The van der Waals surface area contributed by atoms with Crippen LogP contribution in [0.1, 0.15) is 24.3 Å². The summed E-state index contributed by atoms with van der Waals surface area (Å²) in [4.78, 5) is 52.6. The fourth-order valence-corrected chi connectivity index (χ4v) is 6.50. The van der Waals surface area contributed by atoms with Crippen LogP contribution in [0.5, 0.6) is 0 Å². The Labute approximate surface area is 244 Å². The molecule has 0 unspecified atom stereocenters. The number of piperazine rings is 1. The first-order chi connectivity index (χ1) is 20.2. The molecular weight excluding hydrogens is 567 g/mol. The molecule has 0 bridgehead atoms. The Morgan fingerprint density at radius 3 is 2.19 bits per heavy atom.